The minimum Gasteiger partial charge on any atom is -0.356 e. The fraction of sp³-hybridized carbons (Fsp3) is 0.600. The third kappa shape index (κ3) is 3.74. The maximum absolute atomic E-state index is 12.5. The van der Waals surface area contributed by atoms with Gasteiger partial charge in [-0.05, 0) is 25.0 Å². The Labute approximate surface area is 132 Å². The van der Waals surface area contributed by atoms with Crippen LogP contribution in [0.3, 0.4) is 0 Å². The van der Waals surface area contributed by atoms with Crippen molar-refractivity contribution in [2.45, 2.75) is 25.1 Å². The summed E-state index contributed by atoms with van der Waals surface area (Å²) in [6.07, 6.45) is -1.95. The van der Waals surface area contributed by atoms with Gasteiger partial charge >= 0.3 is 6.18 Å². The molecule has 1 amide bonds. The van der Waals surface area contributed by atoms with Crippen molar-refractivity contribution in [3.8, 4) is 0 Å². The molecule has 1 aromatic heterocycles. The summed E-state index contributed by atoms with van der Waals surface area (Å²) in [5.41, 5.74) is -0.738. The fourth-order valence-electron chi connectivity index (χ4n) is 2.79. The van der Waals surface area contributed by atoms with Crippen LogP contribution in [0.4, 0.5) is 19.0 Å². The summed E-state index contributed by atoms with van der Waals surface area (Å²) < 4.78 is 37.6. The lowest BCUT2D eigenvalue weighted by Crippen LogP contribution is -2.54. The lowest BCUT2D eigenvalue weighted by molar-refractivity contribution is -0.137. The van der Waals surface area contributed by atoms with E-state index in [1.54, 1.807) is 0 Å². The Bertz CT molecular complexity index is 549. The van der Waals surface area contributed by atoms with Crippen LogP contribution in [0.1, 0.15) is 18.4 Å². The zero-order valence-corrected chi connectivity index (χ0v) is 12.6. The molecule has 0 atom stereocenters. The van der Waals surface area contributed by atoms with Gasteiger partial charge in [-0.3, -0.25) is 4.79 Å². The summed E-state index contributed by atoms with van der Waals surface area (Å²) in [5, 5.41) is 6.11. The van der Waals surface area contributed by atoms with E-state index < -0.39 is 11.7 Å². The maximum Gasteiger partial charge on any atom is 0.417 e. The highest BCUT2D eigenvalue weighted by Crippen LogP contribution is 2.29. The van der Waals surface area contributed by atoms with Crippen LogP contribution < -0.4 is 15.5 Å². The van der Waals surface area contributed by atoms with E-state index in [4.69, 9.17) is 0 Å². The lowest BCUT2D eigenvalue weighted by atomic mass is 9.99. The first kappa shape index (κ1) is 16.0. The average Bonchev–Trinajstić information content (AvgIpc) is 2.45. The number of hydrogen-bond donors (Lipinski definition) is 2. The number of nitrogens with one attached hydrogen (secondary N) is 2. The lowest BCUT2D eigenvalue weighted by Gasteiger charge is -2.35. The molecule has 2 fully saturated rings. The molecule has 3 rings (SSSR count). The zero-order chi connectivity index (χ0) is 16.4. The zero-order valence-electron chi connectivity index (χ0n) is 12.6. The largest absolute Gasteiger partial charge is 0.417 e. The van der Waals surface area contributed by atoms with Crippen LogP contribution >= 0.6 is 0 Å². The highest BCUT2D eigenvalue weighted by Gasteiger charge is 2.31. The molecule has 0 unspecified atom stereocenters. The number of halogens is 3. The average molecular weight is 328 g/mol. The SMILES string of the molecule is O=C(NC1CCN(c2ccc(C(F)(F)F)cn2)CC1)C1CNC1. The molecule has 2 saturated heterocycles. The first-order valence-electron chi connectivity index (χ1n) is 7.73. The van der Waals surface area contributed by atoms with Crippen LogP contribution in [0.2, 0.25) is 0 Å². The summed E-state index contributed by atoms with van der Waals surface area (Å²) in [6, 6.07) is 2.59. The first-order chi connectivity index (χ1) is 10.9. The Balaban J connectivity index is 1.51. The van der Waals surface area contributed by atoms with E-state index in [1.165, 1.54) is 6.07 Å². The van der Waals surface area contributed by atoms with E-state index in [9.17, 15) is 18.0 Å². The Morgan fingerprint density at radius 3 is 2.43 bits per heavy atom. The van der Waals surface area contributed by atoms with E-state index in [2.05, 4.69) is 15.6 Å². The number of piperidine rings is 1. The highest BCUT2D eigenvalue weighted by atomic mass is 19.4. The number of hydrogen-bond acceptors (Lipinski definition) is 4. The molecule has 0 aromatic carbocycles. The van der Waals surface area contributed by atoms with Crippen molar-refractivity contribution in [3.63, 3.8) is 0 Å². The molecule has 2 N–H and O–H groups in total. The second-order valence-corrected chi connectivity index (χ2v) is 6.03. The summed E-state index contributed by atoms with van der Waals surface area (Å²) in [7, 11) is 0. The van der Waals surface area contributed by atoms with Crippen LogP contribution in [-0.2, 0) is 11.0 Å². The number of rotatable bonds is 3. The molecule has 2 aliphatic heterocycles. The van der Waals surface area contributed by atoms with Crippen molar-refractivity contribution in [1.82, 2.24) is 15.6 Å². The molecule has 0 saturated carbocycles. The molecule has 0 spiro atoms. The standard InChI is InChI=1S/C15H19F3N4O/c16-15(17,18)11-1-2-13(20-9-11)22-5-3-12(4-6-22)21-14(23)10-7-19-8-10/h1-2,9-10,12,19H,3-8H2,(H,21,23). The Hall–Kier alpha value is -1.83. The molecule has 1 aromatic rings. The molecular weight excluding hydrogens is 309 g/mol. The van der Waals surface area contributed by atoms with E-state index in [0.717, 1.165) is 38.2 Å². The predicted octanol–water partition coefficient (Wildman–Crippen LogP) is 1.40. The number of aromatic nitrogens is 1. The molecular formula is C15H19F3N4O. The van der Waals surface area contributed by atoms with Gasteiger partial charge in [-0.1, -0.05) is 0 Å². The molecule has 5 nitrogen and oxygen atoms in total. The summed E-state index contributed by atoms with van der Waals surface area (Å²) >= 11 is 0. The topological polar surface area (TPSA) is 57.3 Å². The van der Waals surface area contributed by atoms with E-state index in [-0.39, 0.29) is 17.9 Å². The summed E-state index contributed by atoms with van der Waals surface area (Å²) in [5.74, 6) is 0.713. The number of amides is 1. The van der Waals surface area contributed by atoms with E-state index in [0.29, 0.717) is 18.9 Å². The quantitative estimate of drug-likeness (QED) is 0.881. The van der Waals surface area contributed by atoms with Crippen LogP contribution in [-0.4, -0.2) is 43.1 Å². The smallest absolute Gasteiger partial charge is 0.356 e. The molecule has 0 aliphatic carbocycles. The van der Waals surface area contributed by atoms with Crippen molar-refractivity contribution >= 4 is 11.7 Å². The van der Waals surface area contributed by atoms with Crippen molar-refractivity contribution in [1.29, 1.82) is 0 Å². The molecule has 3 heterocycles. The molecule has 126 valence electrons. The van der Waals surface area contributed by atoms with Crippen LogP contribution in [0.25, 0.3) is 0 Å². The molecule has 8 heteroatoms. The minimum absolute atomic E-state index is 0.0737. The molecule has 2 aliphatic rings. The highest BCUT2D eigenvalue weighted by molar-refractivity contribution is 5.80. The number of carbonyl (C=O) groups is 1. The van der Waals surface area contributed by atoms with Gasteiger partial charge in [0.1, 0.15) is 5.82 Å². The number of pyridine rings is 1. The normalized spacial score (nSPS) is 20.2. The van der Waals surface area contributed by atoms with Gasteiger partial charge < -0.3 is 15.5 Å². The molecule has 0 bridgehead atoms. The number of anilines is 1. The van der Waals surface area contributed by atoms with Gasteiger partial charge in [0.25, 0.3) is 0 Å². The fourth-order valence-corrected chi connectivity index (χ4v) is 2.79. The predicted molar refractivity (Wildman–Crippen MR) is 79.0 cm³/mol. The van der Waals surface area contributed by atoms with Gasteiger partial charge in [-0.25, -0.2) is 4.98 Å². The van der Waals surface area contributed by atoms with Gasteiger partial charge in [-0.2, -0.15) is 13.2 Å². The Kier molecular flexibility index (Phi) is 4.43. The van der Waals surface area contributed by atoms with Gasteiger partial charge in [-0.15, -0.1) is 0 Å². The van der Waals surface area contributed by atoms with Crippen LogP contribution in [0.15, 0.2) is 18.3 Å². The third-order valence-electron chi connectivity index (χ3n) is 4.39. The van der Waals surface area contributed by atoms with Crippen molar-refractivity contribution in [2.24, 2.45) is 5.92 Å². The summed E-state index contributed by atoms with van der Waals surface area (Å²) in [4.78, 5) is 17.8. The second-order valence-electron chi connectivity index (χ2n) is 6.03. The third-order valence-corrected chi connectivity index (χ3v) is 4.39. The number of nitrogens with zero attached hydrogens (tertiary/aromatic N) is 2. The van der Waals surface area contributed by atoms with Crippen molar-refractivity contribution < 1.29 is 18.0 Å². The van der Waals surface area contributed by atoms with Gasteiger partial charge in [0, 0.05) is 38.4 Å². The van der Waals surface area contributed by atoms with E-state index >= 15 is 0 Å². The Morgan fingerprint density at radius 2 is 1.96 bits per heavy atom. The molecule has 0 radical (unpaired) electrons. The van der Waals surface area contributed by atoms with Gasteiger partial charge in [0.15, 0.2) is 0 Å². The minimum atomic E-state index is -4.36. The van der Waals surface area contributed by atoms with Gasteiger partial charge in [0.05, 0.1) is 11.5 Å². The van der Waals surface area contributed by atoms with Crippen LogP contribution in [0.5, 0.6) is 0 Å². The first-order valence-corrected chi connectivity index (χ1v) is 7.73. The van der Waals surface area contributed by atoms with Gasteiger partial charge in [0.2, 0.25) is 5.91 Å². The Morgan fingerprint density at radius 1 is 1.26 bits per heavy atom. The number of carbonyl (C=O) groups excluding carboxylic acids is 1. The molecule has 23 heavy (non-hydrogen) atoms. The maximum atomic E-state index is 12.5. The number of alkyl halides is 3. The summed E-state index contributed by atoms with van der Waals surface area (Å²) in [6.45, 7) is 2.82. The second kappa shape index (κ2) is 6.35. The monoisotopic (exact) mass is 328 g/mol. The van der Waals surface area contributed by atoms with E-state index in [1.807, 2.05) is 4.90 Å². The van der Waals surface area contributed by atoms with Crippen LogP contribution in [0, 0.1) is 5.92 Å². The van der Waals surface area contributed by atoms with Crippen molar-refractivity contribution in [3.05, 3.63) is 23.9 Å². The van der Waals surface area contributed by atoms with Crippen molar-refractivity contribution in [2.75, 3.05) is 31.1 Å².